The summed E-state index contributed by atoms with van der Waals surface area (Å²) in [5.41, 5.74) is 1.86. The van der Waals surface area contributed by atoms with Gasteiger partial charge in [0.1, 0.15) is 6.04 Å². The topological polar surface area (TPSA) is 49.3 Å². The van der Waals surface area contributed by atoms with Gasteiger partial charge in [-0.1, -0.05) is 23.7 Å². The van der Waals surface area contributed by atoms with Crippen LogP contribution < -0.4 is 5.32 Å². The lowest BCUT2D eigenvalue weighted by Crippen LogP contribution is -2.33. The average Bonchev–Trinajstić information content (AvgIpc) is 2.18. The van der Waals surface area contributed by atoms with E-state index in [2.05, 4.69) is 5.32 Å². The van der Waals surface area contributed by atoms with E-state index in [-0.39, 0.29) is 0 Å². The van der Waals surface area contributed by atoms with E-state index >= 15 is 0 Å². The lowest BCUT2D eigenvalue weighted by molar-refractivity contribution is -0.138. The molecule has 0 fully saturated rings. The molecule has 3 nitrogen and oxygen atoms in total. The molecule has 1 aromatic rings. The van der Waals surface area contributed by atoms with Gasteiger partial charge in [-0.3, -0.25) is 0 Å². The number of aliphatic carboxylic acids is 1. The van der Waals surface area contributed by atoms with E-state index in [1.54, 1.807) is 6.07 Å². The van der Waals surface area contributed by atoms with Crippen molar-refractivity contribution in [2.45, 2.75) is 18.9 Å². The molecule has 2 rings (SSSR count). The van der Waals surface area contributed by atoms with E-state index < -0.39 is 12.0 Å². The molecule has 1 unspecified atom stereocenters. The maximum absolute atomic E-state index is 10.8. The summed E-state index contributed by atoms with van der Waals surface area (Å²) in [6, 6.07) is 5.09. The van der Waals surface area contributed by atoms with Gasteiger partial charge in [0.15, 0.2) is 0 Å². The molecule has 1 aromatic carbocycles. The highest BCUT2D eigenvalue weighted by atomic mass is 35.5. The van der Waals surface area contributed by atoms with Crippen LogP contribution in [-0.2, 0) is 11.2 Å². The molecule has 0 amide bonds. The lowest BCUT2D eigenvalue weighted by Gasteiger charge is -2.24. The normalized spacial score (nSPS) is 19.6. The Balaban J connectivity index is 2.33. The first-order valence-electron chi connectivity index (χ1n) is 4.45. The highest BCUT2D eigenvalue weighted by molar-refractivity contribution is 6.33. The first-order valence-corrected chi connectivity index (χ1v) is 4.83. The Kier molecular flexibility index (Phi) is 2.33. The Morgan fingerprint density at radius 1 is 1.57 bits per heavy atom. The summed E-state index contributed by atoms with van der Waals surface area (Å²) in [5, 5.41) is 12.4. The highest BCUT2D eigenvalue weighted by Gasteiger charge is 2.24. The molecule has 0 saturated carbocycles. The lowest BCUT2D eigenvalue weighted by atomic mass is 9.98. The first-order chi connectivity index (χ1) is 6.68. The van der Waals surface area contributed by atoms with Gasteiger partial charge in [-0.15, -0.1) is 0 Å². The Morgan fingerprint density at radius 2 is 2.36 bits per heavy atom. The number of nitrogens with one attached hydrogen (secondary N) is 1. The fourth-order valence-corrected chi connectivity index (χ4v) is 1.92. The number of hydrogen-bond donors (Lipinski definition) is 2. The van der Waals surface area contributed by atoms with E-state index in [0.29, 0.717) is 11.4 Å². The van der Waals surface area contributed by atoms with Crippen molar-refractivity contribution >= 4 is 23.3 Å². The molecule has 0 spiro atoms. The minimum atomic E-state index is -0.824. The van der Waals surface area contributed by atoms with Gasteiger partial charge in [0.05, 0.1) is 10.7 Å². The van der Waals surface area contributed by atoms with Crippen LogP contribution in [0.3, 0.4) is 0 Å². The number of carbonyl (C=O) groups is 1. The van der Waals surface area contributed by atoms with E-state index in [4.69, 9.17) is 16.7 Å². The highest BCUT2D eigenvalue weighted by Crippen LogP contribution is 2.31. The van der Waals surface area contributed by atoms with Crippen LogP contribution in [0.15, 0.2) is 18.2 Å². The van der Waals surface area contributed by atoms with Crippen molar-refractivity contribution in [2.75, 3.05) is 5.32 Å². The summed E-state index contributed by atoms with van der Waals surface area (Å²) in [6.45, 7) is 0. The Hall–Kier alpha value is -1.22. The zero-order valence-corrected chi connectivity index (χ0v) is 8.21. The molecule has 1 heterocycles. The van der Waals surface area contributed by atoms with Gasteiger partial charge < -0.3 is 10.4 Å². The second-order valence-electron chi connectivity index (χ2n) is 3.35. The minimum absolute atomic E-state index is 0.512. The molecular formula is C10H10ClNO2. The molecule has 0 bridgehead atoms. The van der Waals surface area contributed by atoms with Crippen LogP contribution in [0.5, 0.6) is 0 Å². The van der Waals surface area contributed by atoms with Crippen molar-refractivity contribution in [3.63, 3.8) is 0 Å². The number of aryl methyl sites for hydroxylation is 1. The number of anilines is 1. The number of para-hydroxylation sites is 1. The fraction of sp³-hybridized carbons (Fsp3) is 0.300. The number of carboxylic acid groups (broad SMARTS) is 1. The third kappa shape index (κ3) is 1.55. The molecule has 1 aliphatic heterocycles. The van der Waals surface area contributed by atoms with Crippen molar-refractivity contribution in [3.8, 4) is 0 Å². The Bertz CT molecular complexity index is 378. The predicted octanol–water partition coefficient (Wildman–Crippen LogP) is 2.15. The zero-order valence-electron chi connectivity index (χ0n) is 7.46. The van der Waals surface area contributed by atoms with Crippen molar-refractivity contribution < 1.29 is 9.90 Å². The minimum Gasteiger partial charge on any atom is -0.480 e. The molecule has 1 aliphatic rings. The quantitative estimate of drug-likeness (QED) is 0.749. The van der Waals surface area contributed by atoms with Crippen LogP contribution in [0.25, 0.3) is 0 Å². The van der Waals surface area contributed by atoms with E-state index in [1.165, 1.54) is 0 Å². The van der Waals surface area contributed by atoms with Gasteiger partial charge >= 0.3 is 5.97 Å². The van der Waals surface area contributed by atoms with E-state index in [9.17, 15) is 4.79 Å². The van der Waals surface area contributed by atoms with Crippen molar-refractivity contribution in [1.29, 1.82) is 0 Å². The van der Waals surface area contributed by atoms with Crippen molar-refractivity contribution in [3.05, 3.63) is 28.8 Å². The number of carboxylic acids is 1. The molecule has 4 heteroatoms. The Labute approximate surface area is 86.7 Å². The van der Waals surface area contributed by atoms with Crippen LogP contribution >= 0.6 is 11.6 Å². The smallest absolute Gasteiger partial charge is 0.326 e. The van der Waals surface area contributed by atoms with E-state index in [1.807, 2.05) is 12.1 Å². The maximum Gasteiger partial charge on any atom is 0.326 e. The molecule has 0 aliphatic carbocycles. The Morgan fingerprint density at radius 3 is 3.07 bits per heavy atom. The monoisotopic (exact) mass is 211 g/mol. The summed E-state index contributed by atoms with van der Waals surface area (Å²) < 4.78 is 0. The number of halogens is 1. The van der Waals surface area contributed by atoms with Crippen molar-refractivity contribution in [1.82, 2.24) is 0 Å². The number of hydrogen-bond acceptors (Lipinski definition) is 2. The van der Waals surface area contributed by atoms with Crippen LogP contribution in [0.4, 0.5) is 5.69 Å². The average molecular weight is 212 g/mol. The number of fused-ring (bicyclic) bond motifs is 1. The summed E-state index contributed by atoms with van der Waals surface area (Å²) in [6.07, 6.45) is 1.38. The second kappa shape index (κ2) is 3.50. The summed E-state index contributed by atoms with van der Waals surface area (Å²) in [5.74, 6) is -0.824. The molecule has 1 atom stereocenters. The summed E-state index contributed by atoms with van der Waals surface area (Å²) in [4.78, 5) is 10.8. The van der Waals surface area contributed by atoms with Gasteiger partial charge in [0.2, 0.25) is 0 Å². The fourth-order valence-electron chi connectivity index (χ4n) is 1.67. The molecule has 74 valence electrons. The largest absolute Gasteiger partial charge is 0.480 e. The molecule has 0 radical (unpaired) electrons. The third-order valence-corrected chi connectivity index (χ3v) is 2.73. The van der Waals surface area contributed by atoms with Crippen LogP contribution in [0.1, 0.15) is 12.0 Å². The van der Waals surface area contributed by atoms with Crippen molar-refractivity contribution in [2.24, 2.45) is 0 Å². The van der Waals surface area contributed by atoms with Crippen LogP contribution in [0.2, 0.25) is 5.02 Å². The number of benzene rings is 1. The SMILES string of the molecule is O=C(O)C1CCc2cccc(Cl)c2N1. The second-order valence-corrected chi connectivity index (χ2v) is 3.75. The molecule has 14 heavy (non-hydrogen) atoms. The van der Waals surface area contributed by atoms with Crippen LogP contribution in [-0.4, -0.2) is 17.1 Å². The molecular weight excluding hydrogens is 202 g/mol. The zero-order chi connectivity index (χ0) is 10.1. The summed E-state index contributed by atoms with van der Waals surface area (Å²) >= 11 is 5.96. The van der Waals surface area contributed by atoms with Crippen LogP contribution in [0, 0.1) is 0 Å². The maximum atomic E-state index is 10.8. The number of rotatable bonds is 1. The van der Waals surface area contributed by atoms with Gasteiger partial charge in [-0.2, -0.15) is 0 Å². The van der Waals surface area contributed by atoms with E-state index in [0.717, 1.165) is 17.7 Å². The molecule has 0 aromatic heterocycles. The summed E-state index contributed by atoms with van der Waals surface area (Å²) in [7, 11) is 0. The van der Waals surface area contributed by atoms with Gasteiger partial charge in [-0.05, 0) is 24.5 Å². The van der Waals surface area contributed by atoms with Gasteiger partial charge in [0.25, 0.3) is 0 Å². The molecule has 2 N–H and O–H groups in total. The van der Waals surface area contributed by atoms with Gasteiger partial charge in [-0.25, -0.2) is 4.79 Å². The standard InChI is InChI=1S/C10H10ClNO2/c11-7-3-1-2-6-4-5-8(10(13)14)12-9(6)7/h1-3,8,12H,4-5H2,(H,13,14). The predicted molar refractivity (Wildman–Crippen MR) is 54.8 cm³/mol. The molecule has 0 saturated heterocycles. The van der Waals surface area contributed by atoms with Gasteiger partial charge in [0, 0.05) is 0 Å². The third-order valence-electron chi connectivity index (χ3n) is 2.42. The first kappa shape index (κ1) is 9.34.